The van der Waals surface area contributed by atoms with Crippen LogP contribution in [0.4, 0.5) is 4.79 Å². The number of hydrogen-bond acceptors (Lipinski definition) is 3. The van der Waals surface area contributed by atoms with E-state index in [1.807, 2.05) is 0 Å². The molecule has 0 aliphatic carbocycles. The lowest BCUT2D eigenvalue weighted by atomic mass is 10.0. The molecule has 0 unspecified atom stereocenters. The third kappa shape index (κ3) is 17.7. The minimum Gasteiger partial charge on any atom is -0.430 e. The van der Waals surface area contributed by atoms with E-state index in [-0.39, 0.29) is 13.2 Å². The Hall–Kier alpha value is -0.290. The maximum absolute atomic E-state index is 10.7. The first-order valence-electron chi connectivity index (χ1n) is 5.85. The predicted molar refractivity (Wildman–Crippen MR) is 88.3 cm³/mol. The van der Waals surface area contributed by atoms with E-state index in [2.05, 4.69) is 68.3 Å². The number of carbonyl (C=O) groups is 1. The van der Waals surface area contributed by atoms with Crippen LogP contribution in [0, 0.1) is 5.41 Å². The second-order valence-electron chi connectivity index (χ2n) is 5.17. The van der Waals surface area contributed by atoms with Crippen molar-refractivity contribution in [2.24, 2.45) is 5.41 Å². The fourth-order valence-corrected chi connectivity index (χ4v) is 1.37. The Morgan fingerprint density at radius 1 is 1.00 bits per heavy atom. The number of hydrogen-bond donors (Lipinski definition) is 0. The molecule has 3 nitrogen and oxygen atoms in total. The average molecular weight is 400 g/mol. The molecule has 0 rings (SSSR count). The number of carbonyl (C=O) groups excluding carboxylic acids is 1. The topological polar surface area (TPSA) is 35.5 Å². The SMILES string of the molecule is C=C(C)COC(=O)OCC(=C)C.CC(C)(CBr)CBr. The second kappa shape index (κ2) is 11.5. The van der Waals surface area contributed by atoms with E-state index >= 15 is 0 Å². The molecule has 0 atom stereocenters. The molecule has 0 fully saturated rings. The molecule has 5 heteroatoms. The largest absolute Gasteiger partial charge is 0.508 e. The van der Waals surface area contributed by atoms with Gasteiger partial charge < -0.3 is 9.47 Å². The number of rotatable bonds is 6. The number of ether oxygens (including phenoxy) is 2. The summed E-state index contributed by atoms with van der Waals surface area (Å²) >= 11 is 6.80. The van der Waals surface area contributed by atoms with Gasteiger partial charge in [0.1, 0.15) is 13.2 Å². The summed E-state index contributed by atoms with van der Waals surface area (Å²) in [7, 11) is 0. The van der Waals surface area contributed by atoms with Crippen molar-refractivity contribution >= 4 is 38.0 Å². The standard InChI is InChI=1S/C9H14O3.C5H10Br2/c1-7(2)5-11-9(10)12-6-8(3)4;1-5(2,3-6)4-7/h1,3,5-6H2,2,4H3;3-4H2,1-2H3. The van der Waals surface area contributed by atoms with Crippen LogP contribution in [0.1, 0.15) is 27.7 Å². The summed E-state index contributed by atoms with van der Waals surface area (Å²) in [6.45, 7) is 15.5. The summed E-state index contributed by atoms with van der Waals surface area (Å²) in [5, 5.41) is 2.12. The zero-order valence-electron chi connectivity index (χ0n) is 12.2. The van der Waals surface area contributed by atoms with Gasteiger partial charge in [0.15, 0.2) is 0 Å². The van der Waals surface area contributed by atoms with Crippen LogP contribution in [0.25, 0.3) is 0 Å². The van der Waals surface area contributed by atoms with Crippen LogP contribution in [0.5, 0.6) is 0 Å². The molecule has 0 bridgehead atoms. The number of halogens is 2. The lowest BCUT2D eigenvalue weighted by Gasteiger charge is -2.16. The van der Waals surface area contributed by atoms with E-state index in [1.165, 1.54) is 0 Å². The van der Waals surface area contributed by atoms with Crippen LogP contribution < -0.4 is 0 Å². The van der Waals surface area contributed by atoms with Crippen molar-refractivity contribution in [1.29, 1.82) is 0 Å². The first kappa shape index (κ1) is 21.0. The highest BCUT2D eigenvalue weighted by molar-refractivity contribution is 9.09. The van der Waals surface area contributed by atoms with Gasteiger partial charge in [0.2, 0.25) is 0 Å². The Kier molecular flexibility index (Phi) is 12.8. The molecule has 0 saturated carbocycles. The molecule has 0 amide bonds. The fraction of sp³-hybridized carbons (Fsp3) is 0.643. The van der Waals surface area contributed by atoms with Crippen molar-refractivity contribution in [3.05, 3.63) is 24.3 Å². The van der Waals surface area contributed by atoms with E-state index in [1.54, 1.807) is 13.8 Å². The zero-order chi connectivity index (χ0) is 15.5. The lowest BCUT2D eigenvalue weighted by molar-refractivity contribution is 0.0683. The van der Waals surface area contributed by atoms with Crippen LogP contribution in [0.15, 0.2) is 24.3 Å². The van der Waals surface area contributed by atoms with Gasteiger partial charge >= 0.3 is 6.16 Å². The summed E-state index contributed by atoms with van der Waals surface area (Å²) < 4.78 is 9.30. The fourth-order valence-electron chi connectivity index (χ4n) is 0.442. The Morgan fingerprint density at radius 3 is 1.47 bits per heavy atom. The summed E-state index contributed by atoms with van der Waals surface area (Å²) in [4.78, 5) is 10.7. The maximum Gasteiger partial charge on any atom is 0.508 e. The van der Waals surface area contributed by atoms with E-state index < -0.39 is 6.16 Å². The summed E-state index contributed by atoms with van der Waals surface area (Å²) in [6.07, 6.45) is -0.680. The van der Waals surface area contributed by atoms with Crippen molar-refractivity contribution in [1.82, 2.24) is 0 Å². The highest BCUT2D eigenvalue weighted by Gasteiger charge is 2.12. The first-order valence-corrected chi connectivity index (χ1v) is 8.09. The van der Waals surface area contributed by atoms with Gasteiger partial charge in [0.05, 0.1) is 0 Å². The maximum atomic E-state index is 10.7. The molecule has 0 spiro atoms. The molecule has 0 heterocycles. The predicted octanol–water partition coefficient (Wildman–Crippen LogP) is 5.09. The summed E-state index contributed by atoms with van der Waals surface area (Å²) in [5.74, 6) is 0. The van der Waals surface area contributed by atoms with Crippen LogP contribution in [0.2, 0.25) is 0 Å². The van der Waals surface area contributed by atoms with Crippen LogP contribution in [-0.2, 0) is 9.47 Å². The monoisotopic (exact) mass is 398 g/mol. The minimum absolute atomic E-state index is 0.203. The molecule has 0 N–H and O–H groups in total. The van der Waals surface area contributed by atoms with Crippen molar-refractivity contribution in [3.63, 3.8) is 0 Å². The third-order valence-corrected chi connectivity index (χ3v) is 4.63. The van der Waals surface area contributed by atoms with Gasteiger partial charge in [-0.2, -0.15) is 0 Å². The van der Waals surface area contributed by atoms with Crippen LogP contribution in [-0.4, -0.2) is 30.0 Å². The smallest absolute Gasteiger partial charge is 0.430 e. The minimum atomic E-state index is -0.680. The van der Waals surface area contributed by atoms with Crippen LogP contribution >= 0.6 is 31.9 Å². The first-order chi connectivity index (χ1) is 8.64. The molecule has 0 aromatic rings. The van der Waals surface area contributed by atoms with E-state index in [9.17, 15) is 4.79 Å². The van der Waals surface area contributed by atoms with Gasteiger partial charge in [-0.15, -0.1) is 0 Å². The zero-order valence-corrected chi connectivity index (χ0v) is 15.4. The van der Waals surface area contributed by atoms with Crippen molar-refractivity contribution in [3.8, 4) is 0 Å². The Morgan fingerprint density at radius 2 is 1.32 bits per heavy atom. The van der Waals surface area contributed by atoms with Crippen molar-refractivity contribution < 1.29 is 14.3 Å². The van der Waals surface area contributed by atoms with Crippen molar-refractivity contribution in [2.75, 3.05) is 23.9 Å². The highest BCUT2D eigenvalue weighted by atomic mass is 79.9. The molecule has 19 heavy (non-hydrogen) atoms. The quantitative estimate of drug-likeness (QED) is 0.354. The van der Waals surface area contributed by atoms with Gasteiger partial charge in [0.25, 0.3) is 0 Å². The van der Waals surface area contributed by atoms with Crippen LogP contribution in [0.3, 0.4) is 0 Å². The van der Waals surface area contributed by atoms with Gasteiger partial charge in [-0.3, -0.25) is 0 Å². The normalized spacial score (nSPS) is 10.0. The number of alkyl halides is 2. The summed E-state index contributed by atoms with van der Waals surface area (Å²) in [5.41, 5.74) is 1.98. The van der Waals surface area contributed by atoms with Gasteiger partial charge in [0, 0.05) is 10.7 Å². The van der Waals surface area contributed by atoms with Gasteiger partial charge in [-0.05, 0) is 30.4 Å². The third-order valence-electron chi connectivity index (χ3n) is 1.60. The molecular weight excluding hydrogens is 376 g/mol. The Bertz CT molecular complexity index is 273. The molecule has 0 aromatic heterocycles. The molecule has 0 saturated heterocycles. The Labute approximate surface area is 133 Å². The molecule has 0 aromatic carbocycles. The van der Waals surface area contributed by atoms with Crippen molar-refractivity contribution in [2.45, 2.75) is 27.7 Å². The van der Waals surface area contributed by atoms with Gasteiger partial charge in [-0.25, -0.2) is 4.79 Å². The Balaban J connectivity index is 0. The van der Waals surface area contributed by atoms with E-state index in [0.717, 1.165) is 21.8 Å². The van der Waals surface area contributed by atoms with E-state index in [0.29, 0.717) is 5.41 Å². The molecule has 0 aliphatic heterocycles. The molecule has 0 aliphatic rings. The molecular formula is C14H24Br2O3. The second-order valence-corrected chi connectivity index (χ2v) is 6.29. The molecule has 0 radical (unpaired) electrons. The van der Waals surface area contributed by atoms with Gasteiger partial charge in [-0.1, -0.05) is 58.9 Å². The lowest BCUT2D eigenvalue weighted by Crippen LogP contribution is -2.13. The highest BCUT2D eigenvalue weighted by Crippen LogP contribution is 2.19. The average Bonchev–Trinajstić information content (AvgIpc) is 2.34. The van der Waals surface area contributed by atoms with E-state index in [4.69, 9.17) is 0 Å². The molecule has 112 valence electrons. The summed E-state index contributed by atoms with van der Waals surface area (Å²) in [6, 6.07) is 0.